The number of likely N-dealkylation sites (tertiary alicyclic amines) is 1. The number of ether oxygens (including phenoxy) is 1. The van der Waals surface area contributed by atoms with Crippen molar-refractivity contribution in [3.05, 3.63) is 47.7 Å². The van der Waals surface area contributed by atoms with Crippen LogP contribution in [0.3, 0.4) is 0 Å². The van der Waals surface area contributed by atoms with Crippen LogP contribution < -0.4 is 0 Å². The third-order valence-electron chi connectivity index (χ3n) is 6.07. The van der Waals surface area contributed by atoms with Gasteiger partial charge in [0.2, 0.25) is 0 Å². The molecule has 0 bridgehead atoms. The van der Waals surface area contributed by atoms with E-state index < -0.39 is 0 Å². The maximum Gasteiger partial charge on any atom is 0.290 e. The van der Waals surface area contributed by atoms with Crippen molar-refractivity contribution in [2.75, 3.05) is 13.1 Å². The summed E-state index contributed by atoms with van der Waals surface area (Å²) >= 11 is 0. The molecule has 30 heavy (non-hydrogen) atoms. The van der Waals surface area contributed by atoms with E-state index in [1.807, 2.05) is 49.3 Å². The molecule has 3 aromatic rings. The van der Waals surface area contributed by atoms with E-state index in [9.17, 15) is 4.79 Å². The van der Waals surface area contributed by atoms with Crippen molar-refractivity contribution in [1.82, 2.24) is 19.7 Å². The van der Waals surface area contributed by atoms with E-state index in [0.717, 1.165) is 41.7 Å². The Hall–Kier alpha value is -2.67. The lowest BCUT2D eigenvalue weighted by atomic mass is 9.96. The molecule has 1 saturated heterocycles. The molecule has 7 heteroatoms. The first kappa shape index (κ1) is 19.3. The number of furan rings is 1. The molecule has 0 N–H and O–H groups in total. The molecule has 1 atom stereocenters. The van der Waals surface area contributed by atoms with Crippen molar-refractivity contribution in [2.45, 2.75) is 64.2 Å². The third kappa shape index (κ3) is 3.62. The van der Waals surface area contributed by atoms with Crippen LogP contribution in [0.2, 0.25) is 0 Å². The Morgan fingerprint density at radius 2 is 2.10 bits per heavy atom. The Balaban J connectivity index is 1.41. The Morgan fingerprint density at radius 1 is 1.27 bits per heavy atom. The van der Waals surface area contributed by atoms with Gasteiger partial charge >= 0.3 is 0 Å². The molecular formula is C23H28N4O3. The molecule has 5 rings (SSSR count). The quantitative estimate of drug-likeness (QED) is 0.608. The molecule has 2 aromatic heterocycles. The Bertz CT molecular complexity index is 1050. The molecule has 3 heterocycles. The van der Waals surface area contributed by atoms with E-state index in [-0.39, 0.29) is 17.9 Å². The minimum atomic E-state index is -0.0595. The van der Waals surface area contributed by atoms with Crippen molar-refractivity contribution in [3.8, 4) is 0 Å². The highest BCUT2D eigenvalue weighted by Crippen LogP contribution is 2.38. The van der Waals surface area contributed by atoms with Gasteiger partial charge in [-0.15, -0.1) is 10.2 Å². The second-order valence-corrected chi connectivity index (χ2v) is 8.68. The number of carbonyl (C=O) groups excluding carboxylic acids is 1. The number of nitrogens with zero attached hydrogens (tertiary/aromatic N) is 4. The molecule has 2 aliphatic rings. The van der Waals surface area contributed by atoms with Crippen LogP contribution in [0.15, 0.2) is 35.0 Å². The monoisotopic (exact) mass is 408 g/mol. The van der Waals surface area contributed by atoms with E-state index in [0.29, 0.717) is 25.0 Å². The molecule has 0 spiro atoms. The first-order valence-corrected chi connectivity index (χ1v) is 10.9. The van der Waals surface area contributed by atoms with Gasteiger partial charge in [-0.05, 0) is 45.6 Å². The summed E-state index contributed by atoms with van der Waals surface area (Å²) < 4.78 is 14.1. The highest BCUT2D eigenvalue weighted by atomic mass is 16.5. The van der Waals surface area contributed by atoms with Gasteiger partial charge in [-0.1, -0.05) is 18.2 Å². The number of rotatable bonds is 6. The normalized spacial score (nSPS) is 19.7. The zero-order valence-electron chi connectivity index (χ0n) is 17.6. The van der Waals surface area contributed by atoms with Crippen LogP contribution >= 0.6 is 0 Å². The summed E-state index contributed by atoms with van der Waals surface area (Å²) in [5.74, 6) is 1.57. The minimum Gasteiger partial charge on any atom is -0.451 e. The molecule has 1 aromatic carbocycles. The smallest absolute Gasteiger partial charge is 0.290 e. The highest BCUT2D eigenvalue weighted by Gasteiger charge is 2.34. The summed E-state index contributed by atoms with van der Waals surface area (Å²) in [4.78, 5) is 15.4. The maximum atomic E-state index is 13.5. The number of amides is 1. The second kappa shape index (κ2) is 7.87. The number of para-hydroxylation sites is 1. The molecule has 2 fully saturated rings. The molecule has 158 valence electrons. The van der Waals surface area contributed by atoms with Crippen molar-refractivity contribution >= 4 is 16.9 Å². The van der Waals surface area contributed by atoms with Crippen LogP contribution in [0, 0.1) is 0 Å². The number of carbonyl (C=O) groups is 1. The molecular weight excluding hydrogens is 380 g/mol. The minimum absolute atomic E-state index is 0.0595. The number of hydrogen-bond donors (Lipinski definition) is 0. The largest absolute Gasteiger partial charge is 0.451 e. The van der Waals surface area contributed by atoms with Gasteiger partial charge in [-0.2, -0.15) is 0 Å². The van der Waals surface area contributed by atoms with Gasteiger partial charge in [0.25, 0.3) is 5.91 Å². The second-order valence-electron chi connectivity index (χ2n) is 8.68. The third-order valence-corrected chi connectivity index (χ3v) is 6.07. The molecule has 0 radical (unpaired) electrons. The van der Waals surface area contributed by atoms with Gasteiger partial charge in [0.05, 0.1) is 12.7 Å². The summed E-state index contributed by atoms with van der Waals surface area (Å²) in [5.41, 5.74) is 1.57. The molecule has 1 amide bonds. The predicted octanol–water partition coefficient (Wildman–Crippen LogP) is 4.30. The van der Waals surface area contributed by atoms with E-state index in [1.165, 1.54) is 12.8 Å². The predicted molar refractivity (Wildman–Crippen MR) is 112 cm³/mol. The average Bonchev–Trinajstić information content (AvgIpc) is 3.36. The SMILES string of the molecule is CC(C)OCc1c(C(=O)N2CCCC(c3nncn3C3CC3)C2)oc2ccccc12. The maximum absolute atomic E-state index is 13.5. The van der Waals surface area contributed by atoms with E-state index in [2.05, 4.69) is 14.8 Å². The van der Waals surface area contributed by atoms with Gasteiger partial charge in [-0.3, -0.25) is 4.79 Å². The Labute approximate surface area is 176 Å². The van der Waals surface area contributed by atoms with Crippen LogP contribution in [-0.4, -0.2) is 44.8 Å². The topological polar surface area (TPSA) is 73.4 Å². The van der Waals surface area contributed by atoms with Crippen molar-refractivity contribution in [2.24, 2.45) is 0 Å². The van der Waals surface area contributed by atoms with Crippen LogP contribution in [0.4, 0.5) is 0 Å². The summed E-state index contributed by atoms with van der Waals surface area (Å²) in [6, 6.07) is 8.33. The average molecular weight is 409 g/mol. The molecule has 1 unspecified atom stereocenters. The standard InChI is InChI=1S/C23H28N4O3/c1-15(2)29-13-19-18-7-3-4-8-20(18)30-21(19)23(28)26-11-5-6-16(12-26)22-25-24-14-27(22)17-9-10-17/h3-4,7-8,14-17H,5-6,9-13H2,1-2H3. The fraction of sp³-hybridized carbons (Fsp3) is 0.522. The summed E-state index contributed by atoms with van der Waals surface area (Å²) in [5, 5.41) is 9.49. The van der Waals surface area contributed by atoms with Crippen molar-refractivity contribution in [3.63, 3.8) is 0 Å². The highest BCUT2D eigenvalue weighted by molar-refractivity contribution is 5.99. The zero-order valence-corrected chi connectivity index (χ0v) is 17.6. The molecule has 7 nitrogen and oxygen atoms in total. The molecule has 1 aliphatic heterocycles. The van der Waals surface area contributed by atoms with E-state index in [1.54, 1.807) is 0 Å². The number of piperidine rings is 1. The fourth-order valence-corrected chi connectivity index (χ4v) is 4.36. The van der Waals surface area contributed by atoms with Crippen LogP contribution in [0.25, 0.3) is 11.0 Å². The number of benzene rings is 1. The Kier molecular flexibility index (Phi) is 5.06. The first-order chi connectivity index (χ1) is 14.6. The lowest BCUT2D eigenvalue weighted by molar-refractivity contribution is 0.0591. The van der Waals surface area contributed by atoms with E-state index >= 15 is 0 Å². The summed E-state index contributed by atoms with van der Waals surface area (Å²) in [6.07, 6.45) is 6.28. The Morgan fingerprint density at radius 3 is 2.90 bits per heavy atom. The van der Waals surface area contributed by atoms with Gasteiger partial charge in [0.1, 0.15) is 17.7 Å². The van der Waals surface area contributed by atoms with Crippen molar-refractivity contribution in [1.29, 1.82) is 0 Å². The molecule has 1 aliphatic carbocycles. The van der Waals surface area contributed by atoms with Crippen molar-refractivity contribution < 1.29 is 13.9 Å². The molecule has 1 saturated carbocycles. The van der Waals surface area contributed by atoms with Crippen LogP contribution in [0.1, 0.15) is 73.4 Å². The lowest BCUT2D eigenvalue weighted by Gasteiger charge is -2.32. The summed E-state index contributed by atoms with van der Waals surface area (Å²) in [6.45, 7) is 5.73. The van der Waals surface area contributed by atoms with Gasteiger partial charge < -0.3 is 18.6 Å². The van der Waals surface area contributed by atoms with Gasteiger partial charge in [0.15, 0.2) is 5.76 Å². The van der Waals surface area contributed by atoms with E-state index in [4.69, 9.17) is 9.15 Å². The first-order valence-electron chi connectivity index (χ1n) is 10.9. The zero-order chi connectivity index (χ0) is 20.7. The summed E-state index contributed by atoms with van der Waals surface area (Å²) in [7, 11) is 0. The van der Waals surface area contributed by atoms with Crippen LogP contribution in [-0.2, 0) is 11.3 Å². The lowest BCUT2D eigenvalue weighted by Crippen LogP contribution is -2.40. The number of aromatic nitrogens is 3. The number of fused-ring (bicyclic) bond motifs is 1. The van der Waals surface area contributed by atoms with Gasteiger partial charge in [-0.25, -0.2) is 0 Å². The van der Waals surface area contributed by atoms with Crippen LogP contribution in [0.5, 0.6) is 0 Å². The van der Waals surface area contributed by atoms with Gasteiger partial charge in [0, 0.05) is 36.0 Å². The fourth-order valence-electron chi connectivity index (χ4n) is 4.36. The number of hydrogen-bond acceptors (Lipinski definition) is 5.